The summed E-state index contributed by atoms with van der Waals surface area (Å²) in [6.45, 7) is 0.489. The van der Waals surface area contributed by atoms with Gasteiger partial charge in [-0.25, -0.2) is 8.42 Å². The predicted octanol–water partition coefficient (Wildman–Crippen LogP) is 2.12. The number of sulfone groups is 1. The number of hydrogen-bond acceptors (Lipinski definition) is 7. The number of methoxy groups -OCH3 is 1. The molecule has 1 saturated heterocycles. The Hall–Kier alpha value is -3.07. The summed E-state index contributed by atoms with van der Waals surface area (Å²) in [5.41, 5.74) is 1.17. The molecule has 1 aliphatic rings. The predicted molar refractivity (Wildman–Crippen MR) is 111 cm³/mol. The third-order valence-electron chi connectivity index (χ3n) is 4.62. The van der Waals surface area contributed by atoms with Gasteiger partial charge >= 0.3 is 0 Å². The Morgan fingerprint density at radius 3 is 2.50 bits per heavy atom. The van der Waals surface area contributed by atoms with Crippen molar-refractivity contribution in [2.24, 2.45) is 0 Å². The summed E-state index contributed by atoms with van der Waals surface area (Å²) in [4.78, 5) is 25.2. The van der Waals surface area contributed by atoms with E-state index in [-0.39, 0.29) is 18.3 Å². The van der Waals surface area contributed by atoms with Gasteiger partial charge in [-0.3, -0.25) is 9.59 Å². The van der Waals surface area contributed by atoms with E-state index < -0.39 is 15.9 Å². The highest BCUT2D eigenvalue weighted by atomic mass is 32.2. The van der Waals surface area contributed by atoms with Crippen molar-refractivity contribution >= 4 is 27.7 Å². The van der Waals surface area contributed by atoms with E-state index in [0.717, 1.165) is 12.5 Å². The SMILES string of the molecule is COc1cc(N2CCC(Oc3ccc(C=O)cc3)C2=O)ccc1OCCS(C)(=O)=O. The van der Waals surface area contributed by atoms with Crippen LogP contribution in [0.3, 0.4) is 0 Å². The summed E-state index contributed by atoms with van der Waals surface area (Å²) in [6.07, 6.45) is 1.78. The van der Waals surface area contributed by atoms with Gasteiger partial charge in [0, 0.05) is 36.5 Å². The fourth-order valence-corrected chi connectivity index (χ4v) is 3.44. The van der Waals surface area contributed by atoms with E-state index in [1.165, 1.54) is 7.11 Å². The molecule has 0 aliphatic carbocycles. The quantitative estimate of drug-likeness (QED) is 0.559. The van der Waals surface area contributed by atoms with Gasteiger partial charge in [0.2, 0.25) is 0 Å². The first-order valence-electron chi connectivity index (χ1n) is 9.32. The van der Waals surface area contributed by atoms with Crippen LogP contribution in [0.2, 0.25) is 0 Å². The minimum atomic E-state index is -3.13. The molecule has 160 valence electrons. The fourth-order valence-electron chi connectivity index (χ4n) is 3.06. The number of anilines is 1. The number of nitrogens with zero attached hydrogens (tertiary/aromatic N) is 1. The van der Waals surface area contributed by atoms with E-state index in [4.69, 9.17) is 14.2 Å². The number of carbonyl (C=O) groups is 2. The van der Waals surface area contributed by atoms with Crippen LogP contribution < -0.4 is 19.1 Å². The molecule has 1 atom stereocenters. The van der Waals surface area contributed by atoms with Crippen LogP contribution in [0.4, 0.5) is 5.69 Å². The van der Waals surface area contributed by atoms with Crippen LogP contribution in [0, 0.1) is 0 Å². The molecule has 2 aromatic carbocycles. The van der Waals surface area contributed by atoms with Crippen LogP contribution in [-0.2, 0) is 14.6 Å². The van der Waals surface area contributed by atoms with Gasteiger partial charge in [0.15, 0.2) is 27.4 Å². The number of hydrogen-bond donors (Lipinski definition) is 0. The molecular formula is C21H23NO7S. The minimum Gasteiger partial charge on any atom is -0.493 e. The summed E-state index contributed by atoms with van der Waals surface area (Å²) in [7, 11) is -1.65. The lowest BCUT2D eigenvalue weighted by atomic mass is 10.2. The van der Waals surface area contributed by atoms with Crippen molar-refractivity contribution in [2.45, 2.75) is 12.5 Å². The molecule has 1 amide bonds. The number of carbonyl (C=O) groups excluding carboxylic acids is 2. The molecule has 0 N–H and O–H groups in total. The maximum atomic E-state index is 12.8. The zero-order valence-electron chi connectivity index (χ0n) is 16.7. The average molecular weight is 433 g/mol. The topological polar surface area (TPSA) is 99.2 Å². The van der Waals surface area contributed by atoms with Crippen LogP contribution in [0.5, 0.6) is 17.2 Å². The largest absolute Gasteiger partial charge is 0.493 e. The van der Waals surface area contributed by atoms with Crippen molar-refractivity contribution in [1.29, 1.82) is 0 Å². The third kappa shape index (κ3) is 5.29. The van der Waals surface area contributed by atoms with Crippen molar-refractivity contribution in [1.82, 2.24) is 0 Å². The van der Waals surface area contributed by atoms with Crippen molar-refractivity contribution in [3.8, 4) is 17.2 Å². The molecule has 0 saturated carbocycles. The Balaban J connectivity index is 1.67. The van der Waals surface area contributed by atoms with Crippen molar-refractivity contribution in [3.63, 3.8) is 0 Å². The first-order valence-corrected chi connectivity index (χ1v) is 11.4. The van der Waals surface area contributed by atoms with Crippen molar-refractivity contribution in [3.05, 3.63) is 48.0 Å². The molecule has 1 aliphatic heterocycles. The summed E-state index contributed by atoms with van der Waals surface area (Å²) in [5.74, 6) is 1.05. The van der Waals surface area contributed by atoms with Crippen LogP contribution in [-0.4, -0.2) is 59.0 Å². The normalized spacial score (nSPS) is 16.4. The van der Waals surface area contributed by atoms with Gasteiger partial charge in [0.1, 0.15) is 18.6 Å². The summed E-state index contributed by atoms with van der Waals surface area (Å²) in [6, 6.07) is 11.6. The number of benzene rings is 2. The van der Waals surface area contributed by atoms with Crippen molar-refractivity contribution < 1.29 is 32.2 Å². The zero-order chi connectivity index (χ0) is 21.7. The smallest absolute Gasteiger partial charge is 0.268 e. The Labute approximate surface area is 175 Å². The zero-order valence-corrected chi connectivity index (χ0v) is 17.6. The second-order valence-corrected chi connectivity index (χ2v) is 9.15. The molecule has 1 fully saturated rings. The maximum Gasteiger partial charge on any atom is 0.268 e. The molecule has 9 heteroatoms. The Morgan fingerprint density at radius 2 is 1.87 bits per heavy atom. The summed E-state index contributed by atoms with van der Waals surface area (Å²) < 4.78 is 39.1. The number of ether oxygens (including phenoxy) is 3. The first kappa shape index (κ1) is 21.6. The Morgan fingerprint density at radius 1 is 1.13 bits per heavy atom. The highest BCUT2D eigenvalue weighted by Gasteiger charge is 2.34. The highest BCUT2D eigenvalue weighted by molar-refractivity contribution is 7.90. The monoisotopic (exact) mass is 433 g/mol. The van der Waals surface area contributed by atoms with E-state index >= 15 is 0 Å². The fraction of sp³-hybridized carbons (Fsp3) is 0.333. The van der Waals surface area contributed by atoms with Gasteiger partial charge in [-0.2, -0.15) is 0 Å². The first-order chi connectivity index (χ1) is 14.3. The maximum absolute atomic E-state index is 12.8. The molecule has 30 heavy (non-hydrogen) atoms. The molecule has 3 rings (SSSR count). The second kappa shape index (κ2) is 9.17. The lowest BCUT2D eigenvalue weighted by Crippen LogP contribution is -2.32. The van der Waals surface area contributed by atoms with Gasteiger partial charge in [-0.05, 0) is 36.4 Å². The van der Waals surface area contributed by atoms with Crippen LogP contribution in [0.1, 0.15) is 16.8 Å². The molecule has 0 aromatic heterocycles. The molecular weight excluding hydrogens is 410 g/mol. The second-order valence-electron chi connectivity index (χ2n) is 6.89. The van der Waals surface area contributed by atoms with E-state index in [2.05, 4.69) is 0 Å². The molecule has 1 heterocycles. The Kier molecular flexibility index (Phi) is 6.61. The minimum absolute atomic E-state index is 0.00991. The summed E-state index contributed by atoms with van der Waals surface area (Å²) >= 11 is 0. The van der Waals surface area contributed by atoms with Crippen molar-refractivity contribution in [2.75, 3.05) is 37.2 Å². The molecule has 8 nitrogen and oxygen atoms in total. The standard InChI is InChI=1S/C21H23NO7S/c1-27-20-13-16(5-8-18(20)28-11-12-30(2,25)26)22-10-9-19(21(22)24)29-17-6-3-15(14-23)4-7-17/h3-8,13-14,19H,9-12H2,1-2H3. The van der Waals surface area contributed by atoms with Gasteiger partial charge in [0.25, 0.3) is 5.91 Å². The molecule has 2 aromatic rings. The Bertz CT molecular complexity index is 1020. The van der Waals surface area contributed by atoms with E-state index in [1.54, 1.807) is 47.4 Å². The van der Waals surface area contributed by atoms with Gasteiger partial charge in [-0.1, -0.05) is 0 Å². The van der Waals surface area contributed by atoms with Crippen LogP contribution in [0.15, 0.2) is 42.5 Å². The molecule has 0 radical (unpaired) electrons. The van der Waals surface area contributed by atoms with Gasteiger partial charge < -0.3 is 19.1 Å². The highest BCUT2D eigenvalue weighted by Crippen LogP contribution is 2.34. The third-order valence-corrected chi connectivity index (χ3v) is 5.53. The lowest BCUT2D eigenvalue weighted by molar-refractivity contribution is -0.122. The average Bonchev–Trinajstić information content (AvgIpc) is 3.08. The molecule has 0 spiro atoms. The van der Waals surface area contributed by atoms with Gasteiger partial charge in [-0.15, -0.1) is 0 Å². The molecule has 1 unspecified atom stereocenters. The van der Waals surface area contributed by atoms with E-state index in [0.29, 0.717) is 41.5 Å². The summed E-state index contributed by atoms with van der Waals surface area (Å²) in [5, 5.41) is 0. The lowest BCUT2D eigenvalue weighted by Gasteiger charge is -2.19. The number of aldehydes is 1. The van der Waals surface area contributed by atoms with E-state index in [9.17, 15) is 18.0 Å². The van der Waals surface area contributed by atoms with E-state index in [1.807, 2.05) is 0 Å². The number of amides is 1. The molecule has 0 bridgehead atoms. The van der Waals surface area contributed by atoms with Gasteiger partial charge in [0.05, 0.1) is 12.9 Å². The van der Waals surface area contributed by atoms with Crippen LogP contribution in [0.25, 0.3) is 0 Å². The van der Waals surface area contributed by atoms with Crippen LogP contribution >= 0.6 is 0 Å². The number of rotatable bonds is 9.